The summed E-state index contributed by atoms with van der Waals surface area (Å²) in [6.07, 6.45) is 4.82. The number of rotatable bonds is 4. The first-order valence-corrected chi connectivity index (χ1v) is 4.84. The Hall–Kier alpha value is -1.45. The zero-order valence-corrected chi connectivity index (χ0v) is 8.53. The number of carbonyl (C=O) groups is 1. The predicted octanol–water partition coefficient (Wildman–Crippen LogP) is 1.39. The van der Waals surface area contributed by atoms with Gasteiger partial charge in [-0.05, 0) is 18.9 Å². The summed E-state index contributed by atoms with van der Waals surface area (Å²) in [4.78, 5) is 19.2. The Balaban J connectivity index is 2.59. The van der Waals surface area contributed by atoms with Crippen LogP contribution in [0.4, 0.5) is 0 Å². The molecule has 0 aliphatic carbocycles. The van der Waals surface area contributed by atoms with E-state index in [-0.39, 0.29) is 11.9 Å². The van der Waals surface area contributed by atoms with Gasteiger partial charge in [0, 0.05) is 12.2 Å². The van der Waals surface area contributed by atoms with Crippen LogP contribution in [0.2, 0.25) is 0 Å². The summed E-state index contributed by atoms with van der Waals surface area (Å²) < 4.78 is 0. The van der Waals surface area contributed by atoms with E-state index in [0.717, 1.165) is 12.8 Å². The minimum Gasteiger partial charge on any atom is -0.348 e. The Kier molecular flexibility index (Phi) is 4.04. The molecule has 0 spiro atoms. The molecule has 0 saturated carbocycles. The minimum absolute atomic E-state index is 0.124. The van der Waals surface area contributed by atoms with Crippen LogP contribution in [0.5, 0.6) is 0 Å². The fourth-order valence-electron chi connectivity index (χ4n) is 1.18. The van der Waals surface area contributed by atoms with Gasteiger partial charge in [-0.3, -0.25) is 4.79 Å². The molecular formula is C10H15N3O. The molecule has 0 aromatic carbocycles. The second-order valence-electron chi connectivity index (χ2n) is 3.08. The summed E-state index contributed by atoms with van der Waals surface area (Å²) in [6.45, 7) is 4.10. The lowest BCUT2D eigenvalue weighted by Crippen LogP contribution is -2.34. The van der Waals surface area contributed by atoms with Gasteiger partial charge in [0.05, 0.1) is 0 Å². The summed E-state index contributed by atoms with van der Waals surface area (Å²) in [6, 6.07) is 1.84. The molecule has 4 nitrogen and oxygen atoms in total. The molecule has 1 aromatic rings. The molecule has 0 aliphatic rings. The van der Waals surface area contributed by atoms with Crippen molar-refractivity contribution in [2.45, 2.75) is 32.7 Å². The molecule has 0 radical (unpaired) electrons. The van der Waals surface area contributed by atoms with Gasteiger partial charge in [-0.1, -0.05) is 13.8 Å². The molecule has 1 heterocycles. The predicted molar refractivity (Wildman–Crippen MR) is 53.9 cm³/mol. The van der Waals surface area contributed by atoms with Gasteiger partial charge in [-0.15, -0.1) is 0 Å². The number of carbonyl (C=O) groups excluding carboxylic acids is 1. The van der Waals surface area contributed by atoms with Crippen LogP contribution in [0.25, 0.3) is 0 Å². The molecule has 76 valence electrons. The first-order chi connectivity index (χ1) is 6.77. The van der Waals surface area contributed by atoms with Crippen LogP contribution in [0, 0.1) is 0 Å². The number of nitrogens with zero attached hydrogens (tertiary/aromatic N) is 2. The lowest BCUT2D eigenvalue weighted by atomic mass is 10.1. The first-order valence-electron chi connectivity index (χ1n) is 4.84. The number of hydrogen-bond donors (Lipinski definition) is 1. The second-order valence-corrected chi connectivity index (χ2v) is 3.08. The average Bonchev–Trinajstić information content (AvgIpc) is 2.26. The van der Waals surface area contributed by atoms with Crippen molar-refractivity contribution in [3.8, 4) is 0 Å². The van der Waals surface area contributed by atoms with E-state index in [4.69, 9.17) is 0 Å². The summed E-state index contributed by atoms with van der Waals surface area (Å²) in [5, 5.41) is 2.90. The Bertz CT molecular complexity index is 283. The molecule has 0 unspecified atom stereocenters. The first kappa shape index (κ1) is 10.6. The van der Waals surface area contributed by atoms with E-state index in [1.54, 1.807) is 12.3 Å². The van der Waals surface area contributed by atoms with Crippen LogP contribution in [-0.2, 0) is 0 Å². The van der Waals surface area contributed by atoms with Crippen molar-refractivity contribution in [3.05, 3.63) is 24.3 Å². The highest BCUT2D eigenvalue weighted by Crippen LogP contribution is 1.98. The average molecular weight is 193 g/mol. The number of amides is 1. The third-order valence-corrected chi connectivity index (χ3v) is 2.14. The SMILES string of the molecule is CCC(CC)NC(=O)c1ccncn1. The number of nitrogens with one attached hydrogen (secondary N) is 1. The molecule has 0 saturated heterocycles. The monoisotopic (exact) mass is 193 g/mol. The standard InChI is InChI=1S/C10H15N3O/c1-3-8(4-2)13-10(14)9-5-6-11-7-12-9/h5-8H,3-4H2,1-2H3,(H,13,14). The zero-order valence-electron chi connectivity index (χ0n) is 8.53. The molecule has 14 heavy (non-hydrogen) atoms. The molecule has 0 fully saturated rings. The Morgan fingerprint density at radius 3 is 2.71 bits per heavy atom. The van der Waals surface area contributed by atoms with E-state index in [0.29, 0.717) is 5.69 Å². The van der Waals surface area contributed by atoms with Crippen LogP contribution < -0.4 is 5.32 Å². The lowest BCUT2D eigenvalue weighted by molar-refractivity contribution is 0.0929. The Labute approximate surface area is 83.8 Å². The summed E-state index contributed by atoms with van der Waals surface area (Å²) >= 11 is 0. The van der Waals surface area contributed by atoms with Gasteiger partial charge >= 0.3 is 0 Å². The van der Waals surface area contributed by atoms with Crippen LogP contribution in [0.15, 0.2) is 18.6 Å². The van der Waals surface area contributed by atoms with E-state index >= 15 is 0 Å². The normalized spacial score (nSPS) is 10.2. The minimum atomic E-state index is -0.124. The van der Waals surface area contributed by atoms with E-state index in [2.05, 4.69) is 29.1 Å². The van der Waals surface area contributed by atoms with Crippen molar-refractivity contribution in [1.29, 1.82) is 0 Å². The maximum Gasteiger partial charge on any atom is 0.270 e. The number of hydrogen-bond acceptors (Lipinski definition) is 3. The molecular weight excluding hydrogens is 178 g/mol. The van der Waals surface area contributed by atoms with Gasteiger partial charge in [0.25, 0.3) is 5.91 Å². The molecule has 1 rings (SSSR count). The lowest BCUT2D eigenvalue weighted by Gasteiger charge is -2.13. The molecule has 0 bridgehead atoms. The quantitative estimate of drug-likeness (QED) is 0.786. The highest BCUT2D eigenvalue weighted by atomic mass is 16.1. The van der Waals surface area contributed by atoms with E-state index in [1.165, 1.54) is 6.33 Å². The largest absolute Gasteiger partial charge is 0.348 e. The molecule has 1 aromatic heterocycles. The van der Waals surface area contributed by atoms with Crippen molar-refractivity contribution in [2.24, 2.45) is 0 Å². The summed E-state index contributed by atoms with van der Waals surface area (Å²) in [5.41, 5.74) is 0.423. The molecule has 0 atom stereocenters. The maximum absolute atomic E-state index is 11.6. The Morgan fingerprint density at radius 2 is 2.21 bits per heavy atom. The maximum atomic E-state index is 11.6. The van der Waals surface area contributed by atoms with Crippen molar-refractivity contribution >= 4 is 5.91 Å². The van der Waals surface area contributed by atoms with Crippen molar-refractivity contribution < 1.29 is 4.79 Å². The van der Waals surface area contributed by atoms with Crippen molar-refractivity contribution in [2.75, 3.05) is 0 Å². The van der Waals surface area contributed by atoms with E-state index < -0.39 is 0 Å². The van der Waals surface area contributed by atoms with Gasteiger partial charge in [0.15, 0.2) is 0 Å². The van der Waals surface area contributed by atoms with Gasteiger partial charge in [0.2, 0.25) is 0 Å². The third-order valence-electron chi connectivity index (χ3n) is 2.14. The molecule has 1 amide bonds. The van der Waals surface area contributed by atoms with Gasteiger partial charge in [-0.25, -0.2) is 9.97 Å². The van der Waals surface area contributed by atoms with E-state index in [9.17, 15) is 4.79 Å². The van der Waals surface area contributed by atoms with E-state index in [1.807, 2.05) is 0 Å². The van der Waals surface area contributed by atoms with Crippen LogP contribution in [0.3, 0.4) is 0 Å². The molecule has 0 aliphatic heterocycles. The topological polar surface area (TPSA) is 54.9 Å². The summed E-state index contributed by atoms with van der Waals surface area (Å²) in [5.74, 6) is -0.124. The number of aromatic nitrogens is 2. The van der Waals surface area contributed by atoms with Crippen LogP contribution in [0.1, 0.15) is 37.2 Å². The van der Waals surface area contributed by atoms with Gasteiger partial charge < -0.3 is 5.32 Å². The zero-order chi connectivity index (χ0) is 10.4. The molecule has 4 heteroatoms. The van der Waals surface area contributed by atoms with Crippen LogP contribution >= 0.6 is 0 Å². The fraction of sp³-hybridized carbons (Fsp3) is 0.500. The van der Waals surface area contributed by atoms with Crippen molar-refractivity contribution in [3.63, 3.8) is 0 Å². The second kappa shape index (κ2) is 5.32. The third kappa shape index (κ3) is 2.80. The smallest absolute Gasteiger partial charge is 0.270 e. The van der Waals surface area contributed by atoms with Gasteiger partial charge in [-0.2, -0.15) is 0 Å². The Morgan fingerprint density at radius 1 is 1.50 bits per heavy atom. The summed E-state index contributed by atoms with van der Waals surface area (Å²) in [7, 11) is 0. The fourth-order valence-corrected chi connectivity index (χ4v) is 1.18. The highest BCUT2D eigenvalue weighted by Gasteiger charge is 2.10. The molecule has 1 N–H and O–H groups in total. The van der Waals surface area contributed by atoms with Crippen LogP contribution in [-0.4, -0.2) is 21.9 Å². The van der Waals surface area contributed by atoms with Crippen molar-refractivity contribution in [1.82, 2.24) is 15.3 Å². The highest BCUT2D eigenvalue weighted by molar-refractivity contribution is 5.92. The van der Waals surface area contributed by atoms with Gasteiger partial charge in [0.1, 0.15) is 12.0 Å².